The molecule has 0 saturated carbocycles. The normalized spacial score (nSPS) is 22.0. The number of aryl methyl sites for hydroxylation is 1. The van der Waals surface area contributed by atoms with Crippen LogP contribution in [-0.4, -0.2) is 62.1 Å². The average molecular weight is 282 g/mol. The third kappa shape index (κ3) is 3.08. The summed E-state index contributed by atoms with van der Waals surface area (Å²) in [5.74, 6) is -1.09. The van der Waals surface area contributed by atoms with E-state index in [0.29, 0.717) is 13.0 Å². The molecule has 2 atom stereocenters. The topological polar surface area (TPSA) is 108 Å². The minimum Gasteiger partial charge on any atom is -0.480 e. The number of hydrogen-bond acceptors (Lipinski definition) is 4. The summed E-state index contributed by atoms with van der Waals surface area (Å²) in [6, 6.07) is 0.434. The molecule has 110 valence electrons. The summed E-state index contributed by atoms with van der Waals surface area (Å²) >= 11 is 0. The second-order valence-corrected chi connectivity index (χ2v) is 4.82. The summed E-state index contributed by atoms with van der Waals surface area (Å²) in [7, 11) is 1.81. The lowest BCUT2D eigenvalue weighted by Gasteiger charge is -2.21. The van der Waals surface area contributed by atoms with Gasteiger partial charge in [0.25, 0.3) is 0 Å². The minimum absolute atomic E-state index is 0.0501. The zero-order chi connectivity index (χ0) is 14.7. The molecular weight excluding hydrogens is 264 g/mol. The zero-order valence-electron chi connectivity index (χ0n) is 11.2. The van der Waals surface area contributed by atoms with Gasteiger partial charge in [-0.1, -0.05) is 0 Å². The summed E-state index contributed by atoms with van der Waals surface area (Å²) in [6.07, 6.45) is 1.58. The second kappa shape index (κ2) is 5.91. The van der Waals surface area contributed by atoms with Gasteiger partial charge in [0.15, 0.2) is 0 Å². The number of carbonyl (C=O) groups is 2. The Morgan fingerprint density at radius 3 is 2.90 bits per heavy atom. The molecule has 1 aromatic heterocycles. The van der Waals surface area contributed by atoms with Crippen LogP contribution < -0.4 is 5.32 Å². The molecule has 2 heterocycles. The molecule has 0 aromatic carbocycles. The van der Waals surface area contributed by atoms with E-state index in [9.17, 15) is 14.7 Å². The van der Waals surface area contributed by atoms with Crippen molar-refractivity contribution in [3.63, 3.8) is 0 Å². The number of nitrogens with zero attached hydrogens (tertiary/aromatic N) is 3. The summed E-state index contributed by atoms with van der Waals surface area (Å²) in [6.45, 7) is 0.436. The Balaban J connectivity index is 1.85. The number of hydrogen-bond donors (Lipinski definition) is 3. The number of aliphatic hydroxyl groups excluding tert-OH is 1. The standard InChI is InChI=1S/C12H18N4O4/c1-15-8(3-5-14-15)2-4-13-12(20)16-7-9(17)6-10(16)11(18)19/h3,5,9-10,17H,2,4,6-7H2,1H3,(H,13,20)(H,18,19)/t9-,10-/m1/s1. The van der Waals surface area contributed by atoms with Crippen LogP contribution in [0.1, 0.15) is 12.1 Å². The Hall–Kier alpha value is -2.09. The van der Waals surface area contributed by atoms with Gasteiger partial charge in [-0.2, -0.15) is 5.10 Å². The summed E-state index contributed by atoms with van der Waals surface area (Å²) in [4.78, 5) is 24.1. The molecule has 3 N–H and O–H groups in total. The van der Waals surface area contributed by atoms with Crippen molar-refractivity contribution in [1.29, 1.82) is 0 Å². The van der Waals surface area contributed by atoms with Crippen LogP contribution >= 0.6 is 0 Å². The minimum atomic E-state index is -1.09. The third-order valence-corrected chi connectivity index (χ3v) is 3.40. The predicted molar refractivity (Wildman–Crippen MR) is 69.1 cm³/mol. The van der Waals surface area contributed by atoms with Crippen molar-refractivity contribution in [2.45, 2.75) is 25.0 Å². The van der Waals surface area contributed by atoms with Crippen LogP contribution in [0.4, 0.5) is 4.79 Å². The number of likely N-dealkylation sites (tertiary alicyclic amines) is 1. The van der Waals surface area contributed by atoms with Crippen molar-refractivity contribution in [1.82, 2.24) is 20.0 Å². The molecule has 0 radical (unpaired) electrons. The van der Waals surface area contributed by atoms with Gasteiger partial charge < -0.3 is 20.4 Å². The second-order valence-electron chi connectivity index (χ2n) is 4.82. The number of aliphatic hydroxyl groups is 1. The van der Waals surface area contributed by atoms with E-state index in [1.54, 1.807) is 10.9 Å². The number of carboxylic acid groups (broad SMARTS) is 1. The first-order valence-electron chi connectivity index (χ1n) is 6.41. The molecule has 20 heavy (non-hydrogen) atoms. The van der Waals surface area contributed by atoms with Crippen LogP contribution in [0.25, 0.3) is 0 Å². The molecule has 2 amide bonds. The Bertz CT molecular complexity index is 501. The molecule has 1 aliphatic rings. The Kier molecular flexibility index (Phi) is 4.23. The van der Waals surface area contributed by atoms with Gasteiger partial charge in [0.2, 0.25) is 0 Å². The quantitative estimate of drug-likeness (QED) is 0.669. The lowest BCUT2D eigenvalue weighted by molar-refractivity contribution is -0.141. The Morgan fingerprint density at radius 2 is 2.30 bits per heavy atom. The number of aromatic nitrogens is 2. The highest BCUT2D eigenvalue weighted by atomic mass is 16.4. The monoisotopic (exact) mass is 282 g/mol. The summed E-state index contributed by atoms with van der Waals surface area (Å²) in [5.41, 5.74) is 0.974. The van der Waals surface area contributed by atoms with Crippen LogP contribution in [0.3, 0.4) is 0 Å². The molecule has 1 saturated heterocycles. The molecule has 2 rings (SSSR count). The van der Waals surface area contributed by atoms with Crippen LogP contribution in [0.15, 0.2) is 12.3 Å². The number of rotatable bonds is 4. The van der Waals surface area contributed by atoms with Gasteiger partial charge in [-0.15, -0.1) is 0 Å². The molecule has 8 heteroatoms. The van der Waals surface area contributed by atoms with Crippen molar-refractivity contribution in [2.24, 2.45) is 7.05 Å². The predicted octanol–water partition coefficient (Wildman–Crippen LogP) is -0.808. The summed E-state index contributed by atoms with van der Waals surface area (Å²) in [5, 5.41) is 25.2. The molecule has 0 unspecified atom stereocenters. The first kappa shape index (κ1) is 14.3. The van der Waals surface area contributed by atoms with Crippen LogP contribution in [-0.2, 0) is 18.3 Å². The Labute approximate surface area is 116 Å². The number of urea groups is 1. The molecule has 0 aliphatic carbocycles. The lowest BCUT2D eigenvalue weighted by Crippen LogP contribution is -2.46. The van der Waals surface area contributed by atoms with E-state index in [1.165, 1.54) is 0 Å². The fraction of sp³-hybridized carbons (Fsp3) is 0.583. The van der Waals surface area contributed by atoms with E-state index in [0.717, 1.165) is 10.6 Å². The molecule has 8 nitrogen and oxygen atoms in total. The fourth-order valence-corrected chi connectivity index (χ4v) is 2.32. The third-order valence-electron chi connectivity index (χ3n) is 3.40. The van der Waals surface area contributed by atoms with Crippen molar-refractivity contribution in [3.8, 4) is 0 Å². The van der Waals surface area contributed by atoms with Crippen LogP contribution in [0.2, 0.25) is 0 Å². The van der Waals surface area contributed by atoms with Gasteiger partial charge in [-0.05, 0) is 6.07 Å². The van der Waals surface area contributed by atoms with Gasteiger partial charge >= 0.3 is 12.0 Å². The zero-order valence-corrected chi connectivity index (χ0v) is 11.2. The highest BCUT2D eigenvalue weighted by molar-refractivity contribution is 5.83. The van der Waals surface area contributed by atoms with E-state index < -0.39 is 24.1 Å². The maximum atomic E-state index is 11.9. The maximum Gasteiger partial charge on any atom is 0.326 e. The smallest absolute Gasteiger partial charge is 0.326 e. The molecule has 1 fully saturated rings. The van der Waals surface area contributed by atoms with E-state index in [1.807, 2.05) is 13.1 Å². The van der Waals surface area contributed by atoms with Crippen molar-refractivity contribution >= 4 is 12.0 Å². The van der Waals surface area contributed by atoms with E-state index in [-0.39, 0.29) is 13.0 Å². The highest BCUT2D eigenvalue weighted by Gasteiger charge is 2.38. The van der Waals surface area contributed by atoms with Gasteiger partial charge in [0, 0.05) is 44.9 Å². The Morgan fingerprint density at radius 1 is 1.55 bits per heavy atom. The largest absolute Gasteiger partial charge is 0.480 e. The molecular formula is C12H18N4O4. The maximum absolute atomic E-state index is 11.9. The van der Waals surface area contributed by atoms with Gasteiger partial charge in [-0.25, -0.2) is 9.59 Å². The van der Waals surface area contributed by atoms with E-state index in [4.69, 9.17) is 5.11 Å². The van der Waals surface area contributed by atoms with Crippen molar-refractivity contribution in [2.75, 3.05) is 13.1 Å². The average Bonchev–Trinajstić information content (AvgIpc) is 2.96. The van der Waals surface area contributed by atoms with Crippen molar-refractivity contribution < 1.29 is 19.8 Å². The SMILES string of the molecule is Cn1nccc1CCNC(=O)N1C[C@H](O)C[C@@H]1C(=O)O. The number of nitrogens with one attached hydrogen (secondary N) is 1. The molecule has 0 spiro atoms. The van der Waals surface area contributed by atoms with Gasteiger partial charge in [-0.3, -0.25) is 4.68 Å². The van der Waals surface area contributed by atoms with Crippen LogP contribution in [0, 0.1) is 0 Å². The number of aliphatic carboxylic acids is 1. The highest BCUT2D eigenvalue weighted by Crippen LogP contribution is 2.18. The van der Waals surface area contributed by atoms with Crippen molar-refractivity contribution in [3.05, 3.63) is 18.0 Å². The number of carbonyl (C=O) groups excluding carboxylic acids is 1. The van der Waals surface area contributed by atoms with E-state index in [2.05, 4.69) is 10.4 Å². The number of amides is 2. The first-order chi connectivity index (χ1) is 9.49. The number of β-amino-alcohol motifs (C(OH)–C–C–N with tert-alkyl or cyclic N) is 1. The van der Waals surface area contributed by atoms with E-state index >= 15 is 0 Å². The molecule has 1 aliphatic heterocycles. The number of carboxylic acids is 1. The molecule has 1 aromatic rings. The molecule has 0 bridgehead atoms. The van der Waals surface area contributed by atoms with Gasteiger partial charge in [0.05, 0.1) is 6.10 Å². The lowest BCUT2D eigenvalue weighted by atomic mass is 10.2. The first-order valence-corrected chi connectivity index (χ1v) is 6.41. The fourth-order valence-electron chi connectivity index (χ4n) is 2.32. The summed E-state index contributed by atoms with van der Waals surface area (Å²) < 4.78 is 1.71. The van der Waals surface area contributed by atoms with Crippen LogP contribution in [0.5, 0.6) is 0 Å². The van der Waals surface area contributed by atoms with Gasteiger partial charge in [0.1, 0.15) is 6.04 Å².